The fourth-order valence-corrected chi connectivity index (χ4v) is 4.77. The summed E-state index contributed by atoms with van der Waals surface area (Å²) in [5, 5.41) is 0.513. The third kappa shape index (κ3) is 5.43. The fourth-order valence-electron chi connectivity index (χ4n) is 3.77. The van der Waals surface area contributed by atoms with E-state index in [2.05, 4.69) is 22.4 Å². The van der Waals surface area contributed by atoms with E-state index in [1.54, 1.807) is 12.2 Å². The number of aryl methyl sites for hydroxylation is 1. The first-order valence-corrected chi connectivity index (χ1v) is 12.0. The molecule has 0 saturated carbocycles. The second-order valence-electron chi connectivity index (χ2n) is 7.93. The second kappa shape index (κ2) is 10.5. The lowest BCUT2D eigenvalue weighted by Gasteiger charge is -2.37. The van der Waals surface area contributed by atoms with Gasteiger partial charge in [-0.2, -0.15) is 0 Å². The molecule has 8 heteroatoms. The van der Waals surface area contributed by atoms with E-state index in [1.807, 2.05) is 43.3 Å². The van der Waals surface area contributed by atoms with Gasteiger partial charge in [0.25, 0.3) is 11.1 Å². The van der Waals surface area contributed by atoms with Crippen molar-refractivity contribution in [3.8, 4) is 5.75 Å². The Bertz CT molecular complexity index is 1100. The average Bonchev–Trinajstić information content (AvgIpc) is 3.08. The number of amides is 2. The number of carbonyl (C=O) groups is 2. The molecule has 0 unspecified atom stereocenters. The first-order chi connectivity index (χ1) is 16.0. The molecule has 2 aliphatic rings. The molecule has 0 aliphatic carbocycles. The zero-order chi connectivity index (χ0) is 23.4. The fraction of sp³-hybridized carbons (Fsp3) is 0.280. The van der Waals surface area contributed by atoms with Crippen molar-refractivity contribution in [2.75, 3.05) is 44.4 Å². The molecule has 6 nitrogen and oxygen atoms in total. The van der Waals surface area contributed by atoms with Crippen LogP contribution >= 0.6 is 23.4 Å². The zero-order valence-corrected chi connectivity index (χ0v) is 20.1. The monoisotopic (exact) mass is 483 g/mol. The molecule has 2 amide bonds. The number of thioether (sulfide) groups is 1. The smallest absolute Gasteiger partial charge is 0.294 e. The summed E-state index contributed by atoms with van der Waals surface area (Å²) in [6, 6.07) is 13.5. The van der Waals surface area contributed by atoms with Crippen LogP contribution in [0.1, 0.15) is 11.1 Å². The van der Waals surface area contributed by atoms with Gasteiger partial charge in [0.1, 0.15) is 12.4 Å². The van der Waals surface area contributed by atoms with Gasteiger partial charge >= 0.3 is 0 Å². The van der Waals surface area contributed by atoms with Crippen LogP contribution in [0, 0.1) is 6.92 Å². The first-order valence-electron chi connectivity index (χ1n) is 10.8. The topological polar surface area (TPSA) is 53.1 Å². The van der Waals surface area contributed by atoms with Gasteiger partial charge in [-0.15, -0.1) is 0 Å². The number of rotatable bonds is 7. The van der Waals surface area contributed by atoms with E-state index in [4.69, 9.17) is 16.3 Å². The van der Waals surface area contributed by atoms with Crippen molar-refractivity contribution >= 4 is 46.3 Å². The van der Waals surface area contributed by atoms with Crippen molar-refractivity contribution in [3.63, 3.8) is 0 Å². The van der Waals surface area contributed by atoms with E-state index < -0.39 is 0 Å². The van der Waals surface area contributed by atoms with E-state index in [0.717, 1.165) is 59.8 Å². The number of benzene rings is 2. The number of nitrogens with zero attached hydrogens (tertiary/aromatic N) is 3. The predicted molar refractivity (Wildman–Crippen MR) is 135 cm³/mol. The summed E-state index contributed by atoms with van der Waals surface area (Å²) in [4.78, 5) is 31.7. The minimum atomic E-state index is -0.267. The molecule has 2 heterocycles. The molecule has 0 radical (unpaired) electrons. The first kappa shape index (κ1) is 23.4. The van der Waals surface area contributed by atoms with Gasteiger partial charge in [-0.3, -0.25) is 19.4 Å². The molecule has 2 fully saturated rings. The van der Waals surface area contributed by atoms with Crippen molar-refractivity contribution in [1.29, 1.82) is 0 Å². The molecule has 172 valence electrons. The molecule has 4 rings (SSSR count). The molecule has 0 atom stereocenters. The van der Waals surface area contributed by atoms with Crippen molar-refractivity contribution < 1.29 is 14.3 Å². The number of para-hydroxylation sites is 1. The number of hydrogen-bond acceptors (Lipinski definition) is 6. The van der Waals surface area contributed by atoms with E-state index >= 15 is 0 Å². The summed E-state index contributed by atoms with van der Waals surface area (Å²) in [5.74, 6) is 0.382. The van der Waals surface area contributed by atoms with Crippen LogP contribution in [0.15, 0.2) is 60.0 Å². The number of carbonyl (C=O) groups excluding carboxylic acids is 2. The number of imide groups is 1. The van der Waals surface area contributed by atoms with Gasteiger partial charge in [0.2, 0.25) is 0 Å². The van der Waals surface area contributed by atoms with Crippen LogP contribution in [0.2, 0.25) is 5.02 Å². The van der Waals surface area contributed by atoms with E-state index in [-0.39, 0.29) is 11.1 Å². The van der Waals surface area contributed by atoms with Crippen LogP contribution in [0.5, 0.6) is 5.75 Å². The molecule has 2 aromatic rings. The summed E-state index contributed by atoms with van der Waals surface area (Å²) in [7, 11) is 0. The summed E-state index contributed by atoms with van der Waals surface area (Å²) < 4.78 is 5.66. The second-order valence-corrected chi connectivity index (χ2v) is 9.33. The number of ether oxygens (including phenoxy) is 1. The van der Waals surface area contributed by atoms with Gasteiger partial charge in [0.05, 0.1) is 11.6 Å². The standard InChI is InChI=1S/C25H26ClN3O3S/c1-3-14-32-22-7-5-4-6-19(22)15-23-24(30)29(25(31)33-23)17-27-10-12-28(13-11-27)20-9-8-18(2)21(26)16-20/h3-9,15-16H,1,10-14,17H2,2H3/b23-15-. The molecule has 2 aliphatic heterocycles. The van der Waals surface area contributed by atoms with Gasteiger partial charge in [-0.1, -0.05) is 48.5 Å². The van der Waals surface area contributed by atoms with E-state index in [9.17, 15) is 9.59 Å². The lowest BCUT2D eigenvalue weighted by molar-refractivity contribution is -0.124. The van der Waals surface area contributed by atoms with Crippen LogP contribution in [-0.4, -0.2) is 60.4 Å². The maximum Gasteiger partial charge on any atom is 0.294 e. The minimum Gasteiger partial charge on any atom is -0.489 e. The van der Waals surface area contributed by atoms with Crippen molar-refractivity contribution in [3.05, 3.63) is 76.2 Å². The number of piperazine rings is 1. The lowest BCUT2D eigenvalue weighted by Crippen LogP contribution is -2.50. The maximum absolute atomic E-state index is 13.0. The molecular formula is C25H26ClN3O3S. The zero-order valence-electron chi connectivity index (χ0n) is 18.5. The molecule has 33 heavy (non-hydrogen) atoms. The van der Waals surface area contributed by atoms with Crippen LogP contribution in [0.4, 0.5) is 10.5 Å². The highest BCUT2D eigenvalue weighted by Gasteiger charge is 2.36. The van der Waals surface area contributed by atoms with E-state index in [0.29, 0.717) is 23.9 Å². The Labute approximate surface area is 203 Å². The Morgan fingerprint density at radius 1 is 1.12 bits per heavy atom. The van der Waals surface area contributed by atoms with Gasteiger partial charge in [-0.25, -0.2) is 0 Å². The molecule has 0 aromatic heterocycles. The summed E-state index contributed by atoms with van der Waals surface area (Å²) >= 11 is 7.24. The molecule has 0 spiro atoms. The number of hydrogen-bond donors (Lipinski definition) is 0. The molecule has 0 bridgehead atoms. The summed E-state index contributed by atoms with van der Waals surface area (Å²) in [5.41, 5.74) is 2.91. The Morgan fingerprint density at radius 3 is 2.61 bits per heavy atom. The number of halogens is 1. The highest BCUT2D eigenvalue weighted by Crippen LogP contribution is 2.34. The van der Waals surface area contributed by atoms with E-state index in [1.165, 1.54) is 4.90 Å². The highest BCUT2D eigenvalue weighted by atomic mass is 35.5. The van der Waals surface area contributed by atoms with Gasteiger partial charge in [-0.05, 0) is 48.5 Å². The number of anilines is 1. The Morgan fingerprint density at radius 2 is 1.88 bits per heavy atom. The largest absolute Gasteiger partial charge is 0.489 e. The van der Waals surface area contributed by atoms with Gasteiger partial charge in [0.15, 0.2) is 0 Å². The van der Waals surface area contributed by atoms with Gasteiger partial charge < -0.3 is 9.64 Å². The van der Waals surface area contributed by atoms with Crippen molar-refractivity contribution in [2.24, 2.45) is 0 Å². The summed E-state index contributed by atoms with van der Waals surface area (Å²) in [6.07, 6.45) is 3.39. The molecular weight excluding hydrogens is 458 g/mol. The predicted octanol–water partition coefficient (Wildman–Crippen LogP) is 5.03. The Kier molecular flexibility index (Phi) is 7.42. The van der Waals surface area contributed by atoms with Gasteiger partial charge in [0, 0.05) is 42.5 Å². The molecule has 0 N–H and O–H groups in total. The molecule has 2 saturated heterocycles. The SMILES string of the molecule is C=CCOc1ccccc1/C=C1\SC(=O)N(CN2CCN(c3ccc(C)c(Cl)c3)CC2)C1=O. The van der Waals surface area contributed by atoms with Crippen molar-refractivity contribution in [1.82, 2.24) is 9.80 Å². The van der Waals surface area contributed by atoms with Crippen LogP contribution in [-0.2, 0) is 4.79 Å². The minimum absolute atomic E-state index is 0.247. The summed E-state index contributed by atoms with van der Waals surface area (Å²) in [6.45, 7) is 9.43. The van der Waals surface area contributed by atoms with Crippen LogP contribution < -0.4 is 9.64 Å². The lowest BCUT2D eigenvalue weighted by atomic mass is 10.2. The third-order valence-electron chi connectivity index (χ3n) is 5.67. The third-order valence-corrected chi connectivity index (χ3v) is 6.98. The Balaban J connectivity index is 1.39. The quantitative estimate of drug-likeness (QED) is 0.406. The Hall–Kier alpha value is -2.74. The van der Waals surface area contributed by atoms with Crippen molar-refractivity contribution in [2.45, 2.75) is 6.92 Å². The maximum atomic E-state index is 13.0. The highest BCUT2D eigenvalue weighted by molar-refractivity contribution is 8.18. The molecule has 2 aromatic carbocycles. The van der Waals surface area contributed by atoms with Crippen LogP contribution in [0.3, 0.4) is 0 Å². The normalized spacial score (nSPS) is 18.3. The average molecular weight is 484 g/mol. The van der Waals surface area contributed by atoms with Crippen LogP contribution in [0.25, 0.3) is 6.08 Å².